The molecule has 1 aliphatic carbocycles. The number of allylic oxidation sites excluding steroid dienone is 1. The van der Waals surface area contributed by atoms with Gasteiger partial charge in [-0.15, -0.1) is 0 Å². The number of hydrogen-bond acceptors (Lipinski definition) is 2. The highest BCUT2D eigenvalue weighted by molar-refractivity contribution is 5.95. The van der Waals surface area contributed by atoms with Crippen LogP contribution < -0.4 is 5.73 Å². The lowest BCUT2D eigenvalue weighted by molar-refractivity contribution is -0.115. The van der Waals surface area contributed by atoms with Crippen molar-refractivity contribution < 1.29 is 4.79 Å². The van der Waals surface area contributed by atoms with Crippen LogP contribution >= 0.6 is 0 Å². The summed E-state index contributed by atoms with van der Waals surface area (Å²) < 4.78 is 0. The van der Waals surface area contributed by atoms with Crippen molar-refractivity contribution in [3.05, 3.63) is 11.8 Å². The number of rotatable bonds is 0. The number of carbonyl (C=O) groups excluding carboxylic acids is 1. The fraction of sp³-hybridized carbons (Fsp3) is 0.625. The minimum atomic E-state index is 0.250. The van der Waals surface area contributed by atoms with Gasteiger partial charge in [0.25, 0.3) is 0 Å². The van der Waals surface area contributed by atoms with Gasteiger partial charge in [0.15, 0.2) is 5.78 Å². The van der Waals surface area contributed by atoms with Gasteiger partial charge in [-0.2, -0.15) is 0 Å². The molecule has 1 saturated carbocycles. The fourth-order valence-electron chi connectivity index (χ4n) is 1.25. The molecular formula is C8H13NO. The third-order valence-corrected chi connectivity index (χ3v) is 1.91. The topological polar surface area (TPSA) is 43.1 Å². The molecule has 10 heavy (non-hydrogen) atoms. The summed E-state index contributed by atoms with van der Waals surface area (Å²) in [6, 6.07) is 0. The molecule has 2 nitrogen and oxygen atoms in total. The second-order valence-electron chi connectivity index (χ2n) is 2.68. The molecule has 0 aliphatic heterocycles. The standard InChI is InChI=1S/C8H13NO/c9-6-7-4-2-1-3-5-8(7)10/h6H,1-5,9H2/b7-6-. The first-order valence-corrected chi connectivity index (χ1v) is 3.78. The smallest absolute Gasteiger partial charge is 0.160 e. The van der Waals surface area contributed by atoms with Crippen LogP contribution in [0.5, 0.6) is 0 Å². The Hall–Kier alpha value is -0.790. The molecule has 0 atom stereocenters. The van der Waals surface area contributed by atoms with Crippen molar-refractivity contribution in [3.8, 4) is 0 Å². The van der Waals surface area contributed by atoms with Crippen LogP contribution in [0.3, 0.4) is 0 Å². The van der Waals surface area contributed by atoms with Crippen molar-refractivity contribution >= 4 is 5.78 Å². The zero-order valence-corrected chi connectivity index (χ0v) is 6.10. The van der Waals surface area contributed by atoms with E-state index in [4.69, 9.17) is 5.73 Å². The monoisotopic (exact) mass is 139 g/mol. The van der Waals surface area contributed by atoms with E-state index in [0.29, 0.717) is 6.42 Å². The van der Waals surface area contributed by atoms with Crippen LogP contribution in [0.1, 0.15) is 32.1 Å². The summed E-state index contributed by atoms with van der Waals surface area (Å²) in [4.78, 5) is 11.1. The van der Waals surface area contributed by atoms with Crippen LogP contribution in [-0.2, 0) is 4.79 Å². The first kappa shape index (κ1) is 7.32. The lowest BCUT2D eigenvalue weighted by Gasteiger charge is -1.96. The van der Waals surface area contributed by atoms with Gasteiger partial charge in [-0.25, -0.2) is 0 Å². The van der Waals surface area contributed by atoms with E-state index < -0.39 is 0 Å². The van der Waals surface area contributed by atoms with Crippen molar-refractivity contribution in [2.45, 2.75) is 32.1 Å². The summed E-state index contributed by atoms with van der Waals surface area (Å²) in [7, 11) is 0. The van der Waals surface area contributed by atoms with Gasteiger partial charge in [0.05, 0.1) is 0 Å². The van der Waals surface area contributed by atoms with Crippen LogP contribution in [0.15, 0.2) is 11.8 Å². The first-order chi connectivity index (χ1) is 4.84. The SMILES string of the molecule is N/C=C1/CCCCCC1=O. The maximum Gasteiger partial charge on any atom is 0.160 e. The van der Waals surface area contributed by atoms with Crippen molar-refractivity contribution in [2.75, 3.05) is 0 Å². The molecule has 2 heteroatoms. The molecule has 0 spiro atoms. The molecule has 0 aromatic rings. The highest BCUT2D eigenvalue weighted by Gasteiger charge is 2.11. The molecule has 0 unspecified atom stereocenters. The van der Waals surface area contributed by atoms with Gasteiger partial charge in [-0.1, -0.05) is 6.42 Å². The number of nitrogens with two attached hydrogens (primary N) is 1. The first-order valence-electron chi connectivity index (χ1n) is 3.78. The highest BCUT2D eigenvalue weighted by atomic mass is 16.1. The van der Waals surface area contributed by atoms with Crippen LogP contribution in [0.25, 0.3) is 0 Å². The Bertz CT molecular complexity index is 161. The summed E-state index contributed by atoms with van der Waals surface area (Å²) in [5.74, 6) is 0.250. The maximum atomic E-state index is 11.1. The lowest BCUT2D eigenvalue weighted by Crippen LogP contribution is -2.01. The average molecular weight is 139 g/mol. The summed E-state index contributed by atoms with van der Waals surface area (Å²) in [6.45, 7) is 0. The predicted molar refractivity (Wildman–Crippen MR) is 40.4 cm³/mol. The highest BCUT2D eigenvalue weighted by Crippen LogP contribution is 2.17. The van der Waals surface area contributed by atoms with E-state index in [0.717, 1.165) is 24.8 Å². The summed E-state index contributed by atoms with van der Waals surface area (Å²) in [5.41, 5.74) is 6.11. The Balaban J connectivity index is 2.61. The van der Waals surface area contributed by atoms with Crippen molar-refractivity contribution in [3.63, 3.8) is 0 Å². The molecule has 1 rings (SSSR count). The third-order valence-electron chi connectivity index (χ3n) is 1.91. The number of carbonyl (C=O) groups is 1. The van der Waals surface area contributed by atoms with Crippen LogP contribution in [0.2, 0.25) is 0 Å². The van der Waals surface area contributed by atoms with Crippen molar-refractivity contribution in [1.29, 1.82) is 0 Å². The molecule has 0 bridgehead atoms. The molecule has 1 aliphatic rings. The molecule has 2 N–H and O–H groups in total. The minimum Gasteiger partial charge on any atom is -0.404 e. The molecule has 0 aromatic heterocycles. The van der Waals surface area contributed by atoms with E-state index in [-0.39, 0.29) is 5.78 Å². The Morgan fingerprint density at radius 2 is 1.90 bits per heavy atom. The molecule has 0 amide bonds. The Morgan fingerprint density at radius 3 is 2.60 bits per heavy atom. The van der Waals surface area contributed by atoms with E-state index in [2.05, 4.69) is 0 Å². The van der Waals surface area contributed by atoms with Crippen LogP contribution in [0, 0.1) is 0 Å². The molecular weight excluding hydrogens is 126 g/mol. The Kier molecular flexibility index (Phi) is 2.49. The van der Waals surface area contributed by atoms with E-state index in [1.54, 1.807) is 0 Å². The van der Waals surface area contributed by atoms with Gasteiger partial charge in [0, 0.05) is 18.2 Å². The summed E-state index contributed by atoms with van der Waals surface area (Å²) in [5, 5.41) is 0. The van der Waals surface area contributed by atoms with E-state index in [9.17, 15) is 4.79 Å². The second-order valence-corrected chi connectivity index (χ2v) is 2.68. The van der Waals surface area contributed by atoms with Crippen molar-refractivity contribution in [1.82, 2.24) is 0 Å². The zero-order valence-electron chi connectivity index (χ0n) is 6.10. The Morgan fingerprint density at radius 1 is 1.20 bits per heavy atom. The van der Waals surface area contributed by atoms with Gasteiger partial charge < -0.3 is 5.73 Å². The fourth-order valence-corrected chi connectivity index (χ4v) is 1.25. The number of ketones is 1. The lowest BCUT2D eigenvalue weighted by atomic mass is 10.1. The van der Waals surface area contributed by atoms with Gasteiger partial charge in [-0.05, 0) is 19.3 Å². The van der Waals surface area contributed by atoms with Gasteiger partial charge in [-0.3, -0.25) is 4.79 Å². The molecule has 0 radical (unpaired) electrons. The molecule has 1 fully saturated rings. The van der Waals surface area contributed by atoms with E-state index >= 15 is 0 Å². The van der Waals surface area contributed by atoms with Crippen LogP contribution in [0.4, 0.5) is 0 Å². The molecule has 0 heterocycles. The molecule has 0 saturated heterocycles. The largest absolute Gasteiger partial charge is 0.404 e. The van der Waals surface area contributed by atoms with E-state index in [1.165, 1.54) is 12.6 Å². The summed E-state index contributed by atoms with van der Waals surface area (Å²) >= 11 is 0. The molecule has 56 valence electrons. The predicted octanol–water partition coefficient (Wildman–Crippen LogP) is 1.36. The van der Waals surface area contributed by atoms with Gasteiger partial charge in [0.2, 0.25) is 0 Å². The minimum absolute atomic E-state index is 0.250. The van der Waals surface area contributed by atoms with Gasteiger partial charge in [0.1, 0.15) is 0 Å². The van der Waals surface area contributed by atoms with Crippen molar-refractivity contribution in [2.24, 2.45) is 5.73 Å². The third kappa shape index (κ3) is 1.59. The molecule has 0 aromatic carbocycles. The average Bonchev–Trinajstić information content (AvgIpc) is 2.13. The maximum absolute atomic E-state index is 11.1. The van der Waals surface area contributed by atoms with Gasteiger partial charge >= 0.3 is 0 Å². The number of Topliss-reactive ketones (excluding diaryl/α,β-unsaturated/α-hetero) is 1. The van der Waals surface area contributed by atoms with Crippen LogP contribution in [-0.4, -0.2) is 5.78 Å². The summed E-state index contributed by atoms with van der Waals surface area (Å²) in [6.07, 6.45) is 6.38. The number of hydrogen-bond donors (Lipinski definition) is 1. The normalized spacial score (nSPS) is 24.8. The Labute approximate surface area is 61.1 Å². The quantitative estimate of drug-likeness (QED) is 0.407. The van der Waals surface area contributed by atoms with E-state index in [1.807, 2.05) is 0 Å². The zero-order chi connectivity index (χ0) is 7.40. The second kappa shape index (κ2) is 3.40.